The summed E-state index contributed by atoms with van der Waals surface area (Å²) in [6.07, 6.45) is 28.2. The highest BCUT2D eigenvalue weighted by Gasteiger charge is 2.43. The van der Waals surface area contributed by atoms with Gasteiger partial charge in [-0.15, -0.1) is 0 Å². The molecule has 0 aromatic heterocycles. The predicted octanol–water partition coefficient (Wildman–Crippen LogP) is 9.95. The van der Waals surface area contributed by atoms with E-state index in [9.17, 15) is 14.7 Å². The van der Waals surface area contributed by atoms with Gasteiger partial charge in [-0.2, -0.15) is 0 Å². The van der Waals surface area contributed by atoms with Gasteiger partial charge >= 0.3 is 0 Å². The van der Waals surface area contributed by atoms with Gasteiger partial charge < -0.3 is 5.11 Å². The summed E-state index contributed by atoms with van der Waals surface area (Å²) in [6.45, 7) is 8.18. The standard InChI is InChI=1S/C35H70NO3/c1-7-9-11-13-15-17-19-21-23-25-27-29-33(38)31(3)35(36(5,6)32(4)37)34(39)30-28-26-24-22-20-18-16-14-12-10-8-2/h31-32,35,37H,7-30H2,1-6H3/q+1. The quantitative estimate of drug-likeness (QED) is 0.0570. The molecule has 1 N–H and O–H groups in total. The van der Waals surface area contributed by atoms with Crippen LogP contribution >= 0.6 is 0 Å². The summed E-state index contributed by atoms with van der Waals surface area (Å²) in [6, 6.07) is -0.465. The number of quaternary nitrogens is 1. The zero-order chi connectivity index (χ0) is 29.4. The molecule has 0 spiro atoms. The highest BCUT2D eigenvalue weighted by atomic mass is 16.3. The topological polar surface area (TPSA) is 54.4 Å². The number of unbranched alkanes of at least 4 members (excludes halogenated alkanes) is 20. The van der Waals surface area contributed by atoms with E-state index in [1.54, 1.807) is 6.92 Å². The first-order valence-electron chi connectivity index (χ1n) is 17.3. The Kier molecular flexibility index (Phi) is 24.5. The molecular weight excluding hydrogens is 482 g/mol. The number of hydrogen-bond acceptors (Lipinski definition) is 3. The summed E-state index contributed by atoms with van der Waals surface area (Å²) in [5, 5.41) is 10.5. The third-order valence-electron chi connectivity index (χ3n) is 9.04. The lowest BCUT2D eigenvalue weighted by Gasteiger charge is -2.41. The van der Waals surface area contributed by atoms with Crippen LogP contribution in [0.4, 0.5) is 0 Å². The van der Waals surface area contributed by atoms with E-state index in [4.69, 9.17) is 0 Å². The normalized spacial score (nSPS) is 14.3. The minimum Gasteiger partial charge on any atom is -0.345 e. The van der Waals surface area contributed by atoms with Gasteiger partial charge in [0.05, 0.1) is 20.0 Å². The van der Waals surface area contributed by atoms with Crippen molar-refractivity contribution >= 4 is 11.6 Å². The van der Waals surface area contributed by atoms with Crippen LogP contribution in [0.3, 0.4) is 0 Å². The van der Waals surface area contributed by atoms with Crippen LogP contribution in [0.1, 0.15) is 182 Å². The van der Waals surface area contributed by atoms with E-state index < -0.39 is 12.3 Å². The first-order valence-corrected chi connectivity index (χ1v) is 17.3. The Bertz CT molecular complexity index is 586. The third-order valence-corrected chi connectivity index (χ3v) is 9.04. The third kappa shape index (κ3) is 19.1. The molecule has 0 saturated carbocycles. The lowest BCUT2D eigenvalue weighted by molar-refractivity contribution is -0.950. The molecule has 0 aromatic carbocycles. The molecule has 232 valence electrons. The maximum atomic E-state index is 13.4. The van der Waals surface area contributed by atoms with E-state index in [2.05, 4.69) is 13.8 Å². The Labute approximate surface area is 244 Å². The van der Waals surface area contributed by atoms with Gasteiger partial charge in [0.15, 0.2) is 18.1 Å². The molecule has 0 saturated heterocycles. The van der Waals surface area contributed by atoms with Crippen molar-refractivity contribution < 1.29 is 19.2 Å². The summed E-state index contributed by atoms with van der Waals surface area (Å²) in [7, 11) is 3.81. The fraction of sp³-hybridized carbons (Fsp3) is 0.943. The molecular formula is C35H70NO3+. The van der Waals surface area contributed by atoms with Gasteiger partial charge in [-0.1, -0.05) is 142 Å². The summed E-state index contributed by atoms with van der Waals surface area (Å²) in [5.41, 5.74) is 0. The Morgan fingerprint density at radius 2 is 0.795 bits per heavy atom. The second kappa shape index (κ2) is 25.0. The number of hydrogen-bond donors (Lipinski definition) is 1. The Hall–Kier alpha value is -0.740. The molecule has 3 unspecified atom stereocenters. The molecule has 0 radical (unpaired) electrons. The Morgan fingerprint density at radius 1 is 0.513 bits per heavy atom. The van der Waals surface area contributed by atoms with Crippen LogP contribution < -0.4 is 0 Å². The molecule has 3 atom stereocenters. The summed E-state index contributed by atoms with van der Waals surface area (Å²) < 4.78 is 0.169. The number of carbonyl (C=O) groups is 2. The largest absolute Gasteiger partial charge is 0.345 e. The van der Waals surface area contributed by atoms with Gasteiger partial charge in [-0.3, -0.25) is 14.1 Å². The van der Waals surface area contributed by atoms with Crippen molar-refractivity contribution in [3.8, 4) is 0 Å². The maximum Gasteiger partial charge on any atom is 0.190 e. The molecule has 0 heterocycles. The van der Waals surface area contributed by atoms with Crippen molar-refractivity contribution in [2.75, 3.05) is 14.1 Å². The number of aliphatic hydroxyl groups excluding tert-OH is 1. The van der Waals surface area contributed by atoms with Crippen molar-refractivity contribution in [3.05, 3.63) is 0 Å². The number of Topliss-reactive ketones (excluding diaryl/α,β-unsaturated/α-hetero) is 2. The second-order valence-corrected chi connectivity index (χ2v) is 13.0. The van der Waals surface area contributed by atoms with Crippen LogP contribution in [0.2, 0.25) is 0 Å². The summed E-state index contributed by atoms with van der Waals surface area (Å²) in [4.78, 5) is 26.5. The fourth-order valence-corrected chi connectivity index (χ4v) is 5.94. The van der Waals surface area contributed by atoms with Gasteiger partial charge in [0.25, 0.3) is 0 Å². The maximum absolute atomic E-state index is 13.4. The highest BCUT2D eigenvalue weighted by Crippen LogP contribution is 2.25. The van der Waals surface area contributed by atoms with Crippen LogP contribution in [0, 0.1) is 5.92 Å². The second-order valence-electron chi connectivity index (χ2n) is 13.0. The van der Waals surface area contributed by atoms with Crippen molar-refractivity contribution in [2.45, 2.75) is 194 Å². The molecule has 39 heavy (non-hydrogen) atoms. The number of rotatable bonds is 29. The minimum atomic E-state index is -0.687. The van der Waals surface area contributed by atoms with Crippen LogP contribution in [-0.4, -0.2) is 47.5 Å². The fourth-order valence-electron chi connectivity index (χ4n) is 5.94. The molecule has 0 aliphatic heterocycles. The number of nitrogens with zero attached hydrogens (tertiary/aromatic N) is 1. The zero-order valence-corrected chi connectivity index (χ0v) is 27.4. The molecule has 0 bridgehead atoms. The van der Waals surface area contributed by atoms with E-state index in [-0.39, 0.29) is 22.0 Å². The van der Waals surface area contributed by atoms with E-state index in [1.807, 2.05) is 21.0 Å². The van der Waals surface area contributed by atoms with E-state index >= 15 is 0 Å². The number of ketones is 2. The van der Waals surface area contributed by atoms with Gasteiger partial charge in [0, 0.05) is 19.8 Å². The van der Waals surface area contributed by atoms with Crippen LogP contribution in [0.5, 0.6) is 0 Å². The minimum absolute atomic E-state index is 0.150. The number of carbonyl (C=O) groups excluding carboxylic acids is 2. The average molecular weight is 553 g/mol. The number of aliphatic hydroxyl groups is 1. The molecule has 0 aliphatic carbocycles. The van der Waals surface area contributed by atoms with E-state index in [0.717, 1.165) is 25.7 Å². The monoisotopic (exact) mass is 553 g/mol. The summed E-state index contributed by atoms with van der Waals surface area (Å²) in [5.74, 6) is -0.00963. The molecule has 0 aromatic rings. The van der Waals surface area contributed by atoms with Crippen LogP contribution in [0.15, 0.2) is 0 Å². The van der Waals surface area contributed by atoms with Gasteiger partial charge in [-0.05, 0) is 19.8 Å². The average Bonchev–Trinajstić information content (AvgIpc) is 2.90. The smallest absolute Gasteiger partial charge is 0.190 e. The SMILES string of the molecule is CCCCCCCCCCCCCC(=O)C(C)C(C(=O)CCCCCCCCCCCCC)[N+](C)(C)C(C)O. The van der Waals surface area contributed by atoms with E-state index in [1.165, 1.54) is 116 Å². The lowest BCUT2D eigenvalue weighted by atomic mass is 9.86. The first-order chi connectivity index (χ1) is 18.7. The lowest BCUT2D eigenvalue weighted by Crippen LogP contribution is -2.61. The zero-order valence-electron chi connectivity index (χ0n) is 27.4. The van der Waals surface area contributed by atoms with Crippen molar-refractivity contribution in [3.63, 3.8) is 0 Å². The molecule has 0 rings (SSSR count). The Morgan fingerprint density at radius 3 is 1.10 bits per heavy atom. The first kappa shape index (κ1) is 38.3. The van der Waals surface area contributed by atoms with Gasteiger partial charge in [0.2, 0.25) is 0 Å². The van der Waals surface area contributed by atoms with Crippen molar-refractivity contribution in [1.82, 2.24) is 0 Å². The Balaban J connectivity index is 4.35. The van der Waals surface area contributed by atoms with Crippen molar-refractivity contribution in [2.24, 2.45) is 5.92 Å². The van der Waals surface area contributed by atoms with Crippen molar-refractivity contribution in [1.29, 1.82) is 0 Å². The molecule has 4 nitrogen and oxygen atoms in total. The van der Waals surface area contributed by atoms with Crippen LogP contribution in [0.25, 0.3) is 0 Å². The van der Waals surface area contributed by atoms with E-state index in [0.29, 0.717) is 12.8 Å². The predicted molar refractivity (Wildman–Crippen MR) is 169 cm³/mol. The molecule has 0 fully saturated rings. The molecule has 0 amide bonds. The number of likely N-dealkylation sites (N-methyl/N-ethyl adjacent to an activating group) is 1. The summed E-state index contributed by atoms with van der Waals surface area (Å²) >= 11 is 0. The van der Waals surface area contributed by atoms with Gasteiger partial charge in [-0.25, -0.2) is 0 Å². The highest BCUT2D eigenvalue weighted by molar-refractivity contribution is 5.91. The molecule has 0 aliphatic rings. The van der Waals surface area contributed by atoms with Crippen LogP contribution in [-0.2, 0) is 9.59 Å². The molecule has 4 heteroatoms. The van der Waals surface area contributed by atoms with Gasteiger partial charge in [0.1, 0.15) is 5.78 Å².